The molecule has 12 nitrogen and oxygen atoms in total. The van der Waals surface area contributed by atoms with Crippen molar-refractivity contribution in [1.29, 1.82) is 0 Å². The van der Waals surface area contributed by atoms with Crippen LogP contribution in [0.3, 0.4) is 0 Å². The molecule has 5 aliphatic carbocycles. The Bertz CT molecular complexity index is 1680. The fraction of sp³-hybridized carbons (Fsp3) is 0.841. The van der Waals surface area contributed by atoms with Crippen molar-refractivity contribution < 1.29 is 53.1 Å². The molecule has 0 aromatic rings. The Hall–Kier alpha value is -2.37. The number of allylic oxidation sites excluding steroid dienone is 2. The summed E-state index contributed by atoms with van der Waals surface area (Å²) < 4.78 is 29.0. The van der Waals surface area contributed by atoms with E-state index in [1.807, 2.05) is 0 Å². The van der Waals surface area contributed by atoms with E-state index in [0.717, 1.165) is 44.9 Å². The summed E-state index contributed by atoms with van der Waals surface area (Å²) in [6.45, 7) is 21.0. The van der Waals surface area contributed by atoms with Gasteiger partial charge in [-0.15, -0.1) is 8.86 Å². The van der Waals surface area contributed by atoms with Crippen molar-refractivity contribution in [1.82, 2.24) is 5.32 Å². The van der Waals surface area contributed by atoms with Gasteiger partial charge in [0.25, 0.3) is 0 Å². The Labute approximate surface area is 341 Å². The van der Waals surface area contributed by atoms with Crippen LogP contribution in [-0.2, 0) is 42.9 Å². The van der Waals surface area contributed by atoms with Crippen LogP contribution in [0.25, 0.3) is 0 Å². The van der Waals surface area contributed by atoms with Crippen molar-refractivity contribution in [2.45, 2.75) is 177 Å². The van der Waals surface area contributed by atoms with Gasteiger partial charge in [-0.05, 0) is 103 Å². The van der Waals surface area contributed by atoms with Gasteiger partial charge in [-0.2, -0.15) is 0 Å². The van der Waals surface area contributed by atoms with Crippen molar-refractivity contribution in [3.63, 3.8) is 0 Å². The molecule has 1 aliphatic heterocycles. The molecule has 0 aromatic heterocycles. The normalized spacial score (nSPS) is 44.3. The molecule has 3 N–H and O–H groups in total. The van der Waals surface area contributed by atoms with E-state index in [4.69, 9.17) is 23.7 Å². The number of fused-ring (bicyclic) bond motifs is 7. The molecule has 13 heteroatoms. The molecule has 0 spiro atoms. The first-order valence-electron chi connectivity index (χ1n) is 21.1. The zero-order valence-electron chi connectivity index (χ0n) is 36.0. The van der Waals surface area contributed by atoms with Crippen LogP contribution in [-0.4, -0.2) is 89.0 Å². The highest BCUT2D eigenvalue weighted by Gasteiger charge is 2.70. The lowest BCUT2D eigenvalue weighted by Gasteiger charge is -2.72. The van der Waals surface area contributed by atoms with Crippen LogP contribution < -0.4 is 5.32 Å². The number of carbonyl (C=O) groups excluding carboxylic acids is 4. The fourth-order valence-electron chi connectivity index (χ4n) is 13.4. The van der Waals surface area contributed by atoms with Crippen molar-refractivity contribution in [3.05, 3.63) is 11.6 Å². The highest BCUT2D eigenvalue weighted by atomic mass is 31.0. The minimum Gasteiger partial charge on any atom is -0.463 e. The second kappa shape index (κ2) is 15.3. The second-order valence-electron chi connectivity index (χ2n) is 20.5. The van der Waals surface area contributed by atoms with Crippen LogP contribution in [0.15, 0.2) is 11.6 Å². The molecule has 14 atom stereocenters. The van der Waals surface area contributed by atoms with Gasteiger partial charge in [0.05, 0.1) is 12.2 Å². The number of hydrogen-bond donors (Lipinski definition) is 3. The topological polar surface area (TPSA) is 167 Å². The number of esters is 4. The zero-order chi connectivity index (χ0) is 42.3. The summed E-state index contributed by atoms with van der Waals surface area (Å²) >= 11 is 0. The van der Waals surface area contributed by atoms with Gasteiger partial charge < -0.3 is 33.9 Å². The Kier molecular flexibility index (Phi) is 11.8. The van der Waals surface area contributed by atoms with Gasteiger partial charge in [0.1, 0.15) is 12.7 Å². The maximum absolute atomic E-state index is 12.9. The summed E-state index contributed by atoms with van der Waals surface area (Å²) in [7, 11) is 4.05. The number of aliphatic hydroxyl groups excluding tert-OH is 2. The van der Waals surface area contributed by atoms with E-state index < -0.39 is 66.0 Å². The number of aliphatic hydroxyl groups is 2. The van der Waals surface area contributed by atoms with E-state index in [9.17, 15) is 29.4 Å². The summed E-state index contributed by atoms with van der Waals surface area (Å²) in [5.74, 6) is -1.94. The Morgan fingerprint density at radius 2 is 1.39 bits per heavy atom. The summed E-state index contributed by atoms with van der Waals surface area (Å²) in [6.07, 6.45) is 2.91. The Morgan fingerprint density at radius 3 is 2.00 bits per heavy atom. The molecular weight excluding hydrogens is 749 g/mol. The smallest absolute Gasteiger partial charge is 0.303 e. The van der Waals surface area contributed by atoms with Gasteiger partial charge in [-0.1, -0.05) is 60.1 Å². The summed E-state index contributed by atoms with van der Waals surface area (Å²) in [5, 5.41) is 27.5. The molecule has 6 aliphatic rings. The summed E-state index contributed by atoms with van der Waals surface area (Å²) in [5.41, 5.74) is 0.627. The maximum atomic E-state index is 12.9. The van der Waals surface area contributed by atoms with Crippen LogP contribution in [0.1, 0.15) is 134 Å². The average molecular weight is 818 g/mol. The molecule has 4 saturated carbocycles. The lowest BCUT2D eigenvalue weighted by atomic mass is 9.33. The number of carbonyl (C=O) groups is 4. The van der Waals surface area contributed by atoms with E-state index in [-0.39, 0.29) is 45.7 Å². The maximum Gasteiger partial charge on any atom is 0.303 e. The zero-order valence-corrected chi connectivity index (χ0v) is 37.0. The monoisotopic (exact) mass is 817 g/mol. The minimum atomic E-state index is -1.32. The lowest BCUT2D eigenvalue weighted by molar-refractivity contribution is -0.255. The standard InChI is InChI=1S/C44H68NO11P/c1-23(46)52-22-29-34(53-24(2)47)35(54-25(3)48)36(55-26(4)49)37(56-29)45-38(57)44-19-18-39(5,6)20-28(44)27-12-13-31-41(9)16-15-32(50)40(7,8)30(41)14-17-42(31,10)43(27,11)21-33(44)51/h12,28-37,45,50-51,57H,13-22H2,1-11H3/t28?,29?,30?,31?,32-,33+,34+,35+,36?,37-,41-,42+,43+,44+/m0/s1. The van der Waals surface area contributed by atoms with E-state index in [0.29, 0.717) is 30.1 Å². The highest BCUT2D eigenvalue weighted by molar-refractivity contribution is 7.21. The number of rotatable bonds is 8. The van der Waals surface area contributed by atoms with E-state index in [2.05, 4.69) is 68.7 Å². The molecule has 0 amide bonds. The van der Waals surface area contributed by atoms with Gasteiger partial charge in [0, 0.05) is 38.5 Å². The lowest BCUT2D eigenvalue weighted by Crippen LogP contribution is -2.70. The van der Waals surface area contributed by atoms with E-state index >= 15 is 0 Å². The second-order valence-corrected chi connectivity index (χ2v) is 21.0. The average Bonchev–Trinajstić information content (AvgIpc) is 3.08. The van der Waals surface area contributed by atoms with E-state index in [1.54, 1.807) is 0 Å². The van der Waals surface area contributed by atoms with Crippen molar-refractivity contribution in [2.75, 3.05) is 6.61 Å². The number of ether oxygens (including phenoxy) is 5. The van der Waals surface area contributed by atoms with Crippen molar-refractivity contribution in [2.24, 2.45) is 50.2 Å². The Balaban J connectivity index is 1.40. The van der Waals surface area contributed by atoms with Gasteiger partial charge in [0.2, 0.25) is 0 Å². The van der Waals surface area contributed by atoms with Crippen molar-refractivity contribution in [3.8, 4) is 0 Å². The predicted molar refractivity (Wildman–Crippen MR) is 215 cm³/mol. The molecule has 1 saturated heterocycles. The van der Waals surface area contributed by atoms with Crippen LogP contribution in [0.4, 0.5) is 0 Å². The quantitative estimate of drug-likeness (QED) is 0.112. The fourth-order valence-corrected chi connectivity index (χ4v) is 14.0. The van der Waals surface area contributed by atoms with Crippen LogP contribution >= 0.6 is 8.86 Å². The first-order chi connectivity index (χ1) is 26.3. The SMILES string of the molecule is CC(=O)OCC1O[C@H](NC(=P)[C@]23CCC(C)(C)CC2C2=CCC4[C@@]5(C)CC[C@H](O)C(C)(C)C5CC[C@@]4(C)[C@]2(C)C[C@H]3O)C(OC(C)=O)[C@H](OC(C)=O)[C@@H]1OC(C)=O. The highest BCUT2D eigenvalue weighted by Crippen LogP contribution is 2.76. The third-order valence-electron chi connectivity index (χ3n) is 16.4. The number of hydrogen-bond acceptors (Lipinski definition) is 11. The van der Waals surface area contributed by atoms with Gasteiger partial charge in [0.15, 0.2) is 24.5 Å². The molecule has 57 heavy (non-hydrogen) atoms. The molecule has 0 radical (unpaired) electrons. The molecular formula is C44H68NO11P. The number of nitrogens with one attached hydrogen (secondary N) is 1. The van der Waals surface area contributed by atoms with Gasteiger partial charge in [-0.25, -0.2) is 0 Å². The van der Waals surface area contributed by atoms with Crippen LogP contribution in [0, 0.1) is 50.2 Å². The third kappa shape index (κ3) is 7.33. The molecule has 6 rings (SSSR count). The summed E-state index contributed by atoms with van der Waals surface area (Å²) in [4.78, 5) is 49.5. The first-order valence-corrected chi connectivity index (χ1v) is 21.6. The van der Waals surface area contributed by atoms with Gasteiger partial charge >= 0.3 is 23.9 Å². The van der Waals surface area contributed by atoms with E-state index in [1.165, 1.54) is 33.3 Å². The largest absolute Gasteiger partial charge is 0.463 e. The van der Waals surface area contributed by atoms with Gasteiger partial charge in [-0.3, -0.25) is 24.5 Å². The Morgan fingerprint density at radius 1 is 0.772 bits per heavy atom. The molecule has 5 fully saturated rings. The van der Waals surface area contributed by atoms with Crippen LogP contribution in [0.5, 0.6) is 0 Å². The molecule has 5 unspecified atom stereocenters. The van der Waals surface area contributed by atoms with Crippen molar-refractivity contribution >= 4 is 38.2 Å². The third-order valence-corrected chi connectivity index (χ3v) is 17.0. The molecule has 0 bridgehead atoms. The molecule has 0 aromatic carbocycles. The predicted octanol–water partition coefficient (Wildman–Crippen LogP) is 6.07. The van der Waals surface area contributed by atoms with Crippen LogP contribution in [0.2, 0.25) is 0 Å². The summed E-state index contributed by atoms with van der Waals surface area (Å²) in [6, 6.07) is 0. The molecule has 320 valence electrons. The first kappa shape index (κ1) is 44.2. The minimum absolute atomic E-state index is 0.0151. The molecule has 1 heterocycles.